The smallest absolute Gasteiger partial charge is 0.00691 e. The third-order valence-corrected chi connectivity index (χ3v) is 5.72. The quantitative estimate of drug-likeness (QED) is 0.541. The van der Waals surface area contributed by atoms with Crippen LogP contribution in [0.2, 0.25) is 0 Å². The van der Waals surface area contributed by atoms with E-state index in [4.69, 9.17) is 0 Å². The summed E-state index contributed by atoms with van der Waals surface area (Å²) in [4.78, 5) is 0. The first-order valence-electron chi connectivity index (χ1n) is 11.7. The highest BCUT2D eigenvalue weighted by molar-refractivity contribution is 4.82. The zero-order valence-corrected chi connectivity index (χ0v) is 19.6. The van der Waals surface area contributed by atoms with Gasteiger partial charge in [-0.05, 0) is 75.2 Å². The highest BCUT2D eigenvalue weighted by atomic mass is 14.9. The normalized spacial score (nSPS) is 34.8. The molecule has 0 aromatic rings. The van der Waals surface area contributed by atoms with E-state index in [1.54, 1.807) is 6.42 Å². The van der Waals surface area contributed by atoms with E-state index in [0.717, 1.165) is 35.6 Å². The minimum Gasteiger partial charge on any atom is -0.317 e. The maximum atomic E-state index is 3.23. The largest absolute Gasteiger partial charge is 0.317 e. The Morgan fingerprint density at radius 3 is 1.32 bits per heavy atom. The van der Waals surface area contributed by atoms with Crippen molar-refractivity contribution in [3.63, 3.8) is 0 Å². The van der Waals surface area contributed by atoms with Crippen molar-refractivity contribution in [3.8, 4) is 0 Å². The molecule has 0 aromatic heterocycles. The lowest BCUT2D eigenvalue weighted by atomic mass is 9.72. The van der Waals surface area contributed by atoms with Crippen molar-refractivity contribution in [1.82, 2.24) is 5.32 Å². The molecule has 0 saturated heterocycles. The molecule has 1 nitrogen and oxygen atoms in total. The molecule has 25 heavy (non-hydrogen) atoms. The van der Waals surface area contributed by atoms with Gasteiger partial charge < -0.3 is 5.32 Å². The van der Waals surface area contributed by atoms with Crippen LogP contribution in [0.4, 0.5) is 0 Å². The topological polar surface area (TPSA) is 12.0 Å². The van der Waals surface area contributed by atoms with Crippen molar-refractivity contribution in [2.24, 2.45) is 29.6 Å². The second-order valence-electron chi connectivity index (χ2n) is 8.02. The van der Waals surface area contributed by atoms with Gasteiger partial charge in [0.2, 0.25) is 0 Å². The minimum atomic E-state index is 0.843. The van der Waals surface area contributed by atoms with Crippen LogP contribution in [0.1, 0.15) is 114 Å². The number of nitrogens with one attached hydrogen (secondary N) is 1. The SMILES string of the molecule is CC.CC.CC.CC1CCC(CC2CC(C)C2)C1.CNC1CC(C)C1. The Kier molecular flexibility index (Phi) is 18.9. The molecule has 3 aliphatic carbocycles. The van der Waals surface area contributed by atoms with Gasteiger partial charge in [-0.15, -0.1) is 0 Å². The van der Waals surface area contributed by atoms with Crippen LogP contribution in [0.3, 0.4) is 0 Å². The maximum Gasteiger partial charge on any atom is 0.00691 e. The average Bonchev–Trinajstić information content (AvgIpc) is 3.02. The number of hydrogen-bond donors (Lipinski definition) is 1. The summed E-state index contributed by atoms with van der Waals surface area (Å²) in [6.07, 6.45) is 12.0. The van der Waals surface area contributed by atoms with Gasteiger partial charge in [0.25, 0.3) is 0 Å². The van der Waals surface area contributed by atoms with E-state index in [1.807, 2.05) is 48.6 Å². The van der Waals surface area contributed by atoms with Gasteiger partial charge in [0.15, 0.2) is 0 Å². The van der Waals surface area contributed by atoms with Crippen molar-refractivity contribution in [2.45, 2.75) is 120 Å². The average molecular weight is 356 g/mol. The van der Waals surface area contributed by atoms with Crippen LogP contribution in [-0.2, 0) is 0 Å². The lowest BCUT2D eigenvalue weighted by Crippen LogP contribution is -2.37. The Bertz CT molecular complexity index is 251. The summed E-state index contributed by atoms with van der Waals surface area (Å²) in [6.45, 7) is 19.1. The first-order chi connectivity index (χ1) is 12.1. The fourth-order valence-corrected chi connectivity index (χ4v) is 4.41. The first-order valence-corrected chi connectivity index (χ1v) is 11.7. The fraction of sp³-hybridized carbons (Fsp3) is 1.00. The van der Waals surface area contributed by atoms with Crippen molar-refractivity contribution >= 4 is 0 Å². The van der Waals surface area contributed by atoms with Gasteiger partial charge in [-0.25, -0.2) is 0 Å². The minimum absolute atomic E-state index is 0.843. The van der Waals surface area contributed by atoms with Gasteiger partial charge in [0, 0.05) is 6.04 Å². The predicted molar refractivity (Wildman–Crippen MR) is 118 cm³/mol. The molecular formula is C24H53N. The van der Waals surface area contributed by atoms with Crippen LogP contribution in [0.25, 0.3) is 0 Å². The summed E-state index contributed by atoms with van der Waals surface area (Å²) in [5.74, 6) is 5.30. The van der Waals surface area contributed by atoms with Crippen molar-refractivity contribution < 1.29 is 0 Å². The predicted octanol–water partition coefficient (Wildman–Crippen LogP) is 7.94. The molecule has 0 radical (unpaired) electrons. The van der Waals surface area contributed by atoms with Crippen LogP contribution in [0, 0.1) is 29.6 Å². The number of hydrogen-bond acceptors (Lipinski definition) is 1. The molecular weight excluding hydrogens is 302 g/mol. The van der Waals surface area contributed by atoms with Gasteiger partial charge in [-0.3, -0.25) is 0 Å². The van der Waals surface area contributed by atoms with E-state index in [-0.39, 0.29) is 0 Å². The molecule has 3 aliphatic rings. The van der Waals surface area contributed by atoms with Gasteiger partial charge in [-0.2, -0.15) is 0 Å². The van der Waals surface area contributed by atoms with E-state index < -0.39 is 0 Å². The molecule has 2 atom stereocenters. The van der Waals surface area contributed by atoms with E-state index in [9.17, 15) is 0 Å². The monoisotopic (exact) mass is 355 g/mol. The van der Waals surface area contributed by atoms with E-state index >= 15 is 0 Å². The molecule has 3 rings (SSSR count). The highest BCUT2D eigenvalue weighted by Gasteiger charge is 2.30. The number of rotatable bonds is 3. The zero-order valence-electron chi connectivity index (χ0n) is 19.6. The third kappa shape index (κ3) is 12.1. The maximum absolute atomic E-state index is 3.23. The fourth-order valence-electron chi connectivity index (χ4n) is 4.41. The summed E-state index contributed by atoms with van der Waals surface area (Å²) in [5.41, 5.74) is 0. The third-order valence-electron chi connectivity index (χ3n) is 5.72. The van der Waals surface area contributed by atoms with Crippen LogP contribution in [0.5, 0.6) is 0 Å². The molecule has 3 fully saturated rings. The standard InChI is InChI=1S/C12H22.C6H13N.3C2H6/c1-9-3-4-11(5-9)8-12-6-10(2)7-12;1-5-3-6(4-5)7-2;3*1-2/h9-12H,3-8H2,1-2H3;5-7H,3-4H2,1-2H3;3*1-2H3. The Morgan fingerprint density at radius 2 is 1.04 bits per heavy atom. The summed E-state index contributed by atoms with van der Waals surface area (Å²) in [6, 6.07) is 0.843. The summed E-state index contributed by atoms with van der Waals surface area (Å²) in [7, 11) is 2.04. The molecule has 0 amide bonds. The molecule has 0 aliphatic heterocycles. The second-order valence-corrected chi connectivity index (χ2v) is 8.02. The lowest BCUT2D eigenvalue weighted by Gasteiger charge is -2.34. The summed E-state index contributed by atoms with van der Waals surface area (Å²) >= 11 is 0. The summed E-state index contributed by atoms with van der Waals surface area (Å²) in [5, 5.41) is 3.23. The Labute approximate surface area is 162 Å². The molecule has 0 heterocycles. The Hall–Kier alpha value is -0.0400. The molecule has 1 heteroatoms. The first kappa shape index (κ1) is 27.2. The molecule has 0 aromatic carbocycles. The van der Waals surface area contributed by atoms with Crippen molar-refractivity contribution in [3.05, 3.63) is 0 Å². The van der Waals surface area contributed by atoms with Crippen molar-refractivity contribution in [2.75, 3.05) is 7.05 Å². The molecule has 0 bridgehead atoms. The molecule has 0 spiro atoms. The summed E-state index contributed by atoms with van der Waals surface area (Å²) < 4.78 is 0. The highest BCUT2D eigenvalue weighted by Crippen LogP contribution is 2.42. The Balaban J connectivity index is 0. The van der Waals surface area contributed by atoms with Crippen molar-refractivity contribution in [1.29, 1.82) is 0 Å². The van der Waals surface area contributed by atoms with Gasteiger partial charge in [0.1, 0.15) is 0 Å². The zero-order chi connectivity index (χ0) is 19.8. The van der Waals surface area contributed by atoms with Crippen LogP contribution < -0.4 is 5.32 Å². The van der Waals surface area contributed by atoms with Crippen LogP contribution in [0.15, 0.2) is 0 Å². The Morgan fingerprint density at radius 1 is 0.600 bits per heavy atom. The van der Waals surface area contributed by atoms with Crippen LogP contribution >= 0.6 is 0 Å². The van der Waals surface area contributed by atoms with Gasteiger partial charge in [-0.1, -0.05) is 75.2 Å². The molecule has 2 unspecified atom stereocenters. The van der Waals surface area contributed by atoms with E-state index in [0.29, 0.717) is 0 Å². The second kappa shape index (κ2) is 17.4. The van der Waals surface area contributed by atoms with Crippen LogP contribution in [-0.4, -0.2) is 13.1 Å². The van der Waals surface area contributed by atoms with E-state index in [1.165, 1.54) is 44.9 Å². The van der Waals surface area contributed by atoms with Gasteiger partial charge in [0.05, 0.1) is 0 Å². The molecule has 1 N–H and O–H groups in total. The van der Waals surface area contributed by atoms with Gasteiger partial charge >= 0.3 is 0 Å². The van der Waals surface area contributed by atoms with E-state index in [2.05, 4.69) is 26.1 Å². The lowest BCUT2D eigenvalue weighted by molar-refractivity contribution is 0.173. The molecule has 3 saturated carbocycles. The molecule has 154 valence electrons.